The molecule has 1 atom stereocenters. The second kappa shape index (κ2) is 2.76. The summed E-state index contributed by atoms with van der Waals surface area (Å²) < 4.78 is 0. The highest BCUT2D eigenvalue weighted by Gasteiger charge is 2.35. The summed E-state index contributed by atoms with van der Waals surface area (Å²) in [5, 5.41) is 0. The number of rotatable bonds is 1. The summed E-state index contributed by atoms with van der Waals surface area (Å²) in [5.74, 6) is 0. The lowest BCUT2D eigenvalue weighted by Crippen LogP contribution is -2.30. The van der Waals surface area contributed by atoms with E-state index in [-0.39, 0.29) is 0 Å². The molecule has 0 saturated heterocycles. The lowest BCUT2D eigenvalue weighted by atomic mass is 9.63. The average Bonchev–Trinajstić information content (AvgIpc) is 1.82. The molecule has 0 aromatic carbocycles. The predicted octanol–water partition coefficient (Wildman–Crippen LogP) is 3.95. The van der Waals surface area contributed by atoms with Gasteiger partial charge in [0.15, 0.2) is 0 Å². The van der Waals surface area contributed by atoms with E-state index in [1.807, 2.05) is 0 Å². The van der Waals surface area contributed by atoms with Crippen molar-refractivity contribution in [1.29, 1.82) is 0 Å². The Morgan fingerprint density at radius 1 is 1.25 bits per heavy atom. The van der Waals surface area contributed by atoms with Crippen molar-refractivity contribution in [3.8, 4) is 0 Å². The van der Waals surface area contributed by atoms with E-state index in [0.717, 1.165) is 6.42 Å². The van der Waals surface area contributed by atoms with Crippen LogP contribution in [0.25, 0.3) is 0 Å². The van der Waals surface area contributed by atoms with Gasteiger partial charge in [0, 0.05) is 0 Å². The van der Waals surface area contributed by atoms with E-state index in [0.29, 0.717) is 10.8 Å². The van der Waals surface area contributed by atoms with Crippen molar-refractivity contribution in [2.75, 3.05) is 0 Å². The Morgan fingerprint density at radius 2 is 1.83 bits per heavy atom. The summed E-state index contributed by atoms with van der Waals surface area (Å²) in [7, 11) is 0. The first-order chi connectivity index (χ1) is 5.37. The van der Waals surface area contributed by atoms with E-state index >= 15 is 0 Å². The minimum absolute atomic E-state index is 0.291. The number of allylic oxidation sites excluding steroid dienone is 2. The van der Waals surface area contributed by atoms with Crippen LogP contribution >= 0.6 is 0 Å². The van der Waals surface area contributed by atoms with Crippen LogP contribution in [0.15, 0.2) is 24.8 Å². The second-order valence-electron chi connectivity index (χ2n) is 5.30. The number of hydrogen-bond acceptors (Lipinski definition) is 0. The third-order valence-electron chi connectivity index (χ3n) is 2.76. The van der Waals surface area contributed by atoms with Crippen LogP contribution in [0.5, 0.6) is 0 Å². The molecule has 1 rings (SSSR count). The predicted molar refractivity (Wildman–Crippen MR) is 55.1 cm³/mol. The highest BCUT2D eigenvalue weighted by atomic mass is 14.4. The third-order valence-corrected chi connectivity index (χ3v) is 2.76. The molecule has 1 aliphatic rings. The highest BCUT2D eigenvalue weighted by molar-refractivity contribution is 5.13. The van der Waals surface area contributed by atoms with Crippen LogP contribution in [0.3, 0.4) is 0 Å². The van der Waals surface area contributed by atoms with Crippen molar-refractivity contribution in [2.45, 2.75) is 40.0 Å². The van der Waals surface area contributed by atoms with Crippen LogP contribution in [-0.4, -0.2) is 0 Å². The van der Waals surface area contributed by atoms with Gasteiger partial charge in [-0.1, -0.05) is 39.0 Å². The second-order valence-corrected chi connectivity index (χ2v) is 5.30. The molecule has 0 aromatic rings. The molecule has 0 heterocycles. The standard InChI is InChI=1S/C12H20/c1-6-12(5)8-10(2)7-11(3,4)9-12/h6H,1-2,7-9H2,3-5H3. The van der Waals surface area contributed by atoms with Gasteiger partial charge in [-0.2, -0.15) is 0 Å². The normalized spacial score (nSPS) is 34.8. The average molecular weight is 164 g/mol. The van der Waals surface area contributed by atoms with Gasteiger partial charge in [-0.25, -0.2) is 0 Å². The van der Waals surface area contributed by atoms with Gasteiger partial charge in [-0.15, -0.1) is 6.58 Å². The van der Waals surface area contributed by atoms with Gasteiger partial charge in [-0.05, 0) is 30.1 Å². The first-order valence-electron chi connectivity index (χ1n) is 4.67. The van der Waals surface area contributed by atoms with Gasteiger partial charge >= 0.3 is 0 Å². The molecule has 0 heteroatoms. The molecule has 1 aliphatic carbocycles. The van der Waals surface area contributed by atoms with Crippen molar-refractivity contribution >= 4 is 0 Å². The quantitative estimate of drug-likeness (QED) is 0.515. The molecule has 0 N–H and O–H groups in total. The lowest BCUT2D eigenvalue weighted by molar-refractivity contribution is 0.180. The van der Waals surface area contributed by atoms with E-state index in [2.05, 4.69) is 40.0 Å². The maximum absolute atomic E-state index is 4.11. The maximum atomic E-state index is 4.11. The Labute approximate surface area is 76.4 Å². The Kier molecular flexibility index (Phi) is 2.20. The smallest absolute Gasteiger partial charge is 0.0107 e. The summed E-state index contributed by atoms with van der Waals surface area (Å²) in [6.45, 7) is 14.9. The molecule has 0 bridgehead atoms. The molecular formula is C12H20. The van der Waals surface area contributed by atoms with Crippen LogP contribution < -0.4 is 0 Å². The fourth-order valence-corrected chi connectivity index (χ4v) is 2.67. The molecule has 0 spiro atoms. The summed E-state index contributed by atoms with van der Waals surface area (Å²) in [5.41, 5.74) is 2.09. The highest BCUT2D eigenvalue weighted by Crippen LogP contribution is 2.48. The largest absolute Gasteiger partial charge is 0.103 e. The van der Waals surface area contributed by atoms with E-state index in [9.17, 15) is 0 Å². The van der Waals surface area contributed by atoms with Crippen LogP contribution in [0.4, 0.5) is 0 Å². The van der Waals surface area contributed by atoms with Gasteiger partial charge in [0.2, 0.25) is 0 Å². The summed E-state index contributed by atoms with van der Waals surface area (Å²) in [6.07, 6.45) is 5.64. The fourth-order valence-electron chi connectivity index (χ4n) is 2.67. The van der Waals surface area contributed by atoms with Crippen molar-refractivity contribution in [3.05, 3.63) is 24.8 Å². The molecule has 1 saturated carbocycles. The first-order valence-corrected chi connectivity index (χ1v) is 4.67. The Hall–Kier alpha value is -0.520. The maximum Gasteiger partial charge on any atom is -0.0107 e. The lowest BCUT2D eigenvalue weighted by Gasteiger charge is -2.42. The minimum atomic E-state index is 0.291. The summed E-state index contributed by atoms with van der Waals surface area (Å²) in [6, 6.07) is 0. The summed E-state index contributed by atoms with van der Waals surface area (Å²) >= 11 is 0. The minimum Gasteiger partial charge on any atom is -0.103 e. The Bertz CT molecular complexity index is 210. The molecule has 0 radical (unpaired) electrons. The van der Waals surface area contributed by atoms with Gasteiger partial charge in [0.25, 0.3) is 0 Å². The molecule has 0 amide bonds. The van der Waals surface area contributed by atoms with Crippen molar-refractivity contribution < 1.29 is 0 Å². The van der Waals surface area contributed by atoms with Crippen LogP contribution in [0.1, 0.15) is 40.0 Å². The van der Waals surface area contributed by atoms with Crippen molar-refractivity contribution in [2.24, 2.45) is 10.8 Å². The molecular weight excluding hydrogens is 144 g/mol. The third kappa shape index (κ3) is 2.00. The van der Waals surface area contributed by atoms with Gasteiger partial charge in [-0.3, -0.25) is 0 Å². The fraction of sp³-hybridized carbons (Fsp3) is 0.667. The number of hydrogen-bond donors (Lipinski definition) is 0. The monoisotopic (exact) mass is 164 g/mol. The molecule has 0 aliphatic heterocycles. The topological polar surface area (TPSA) is 0 Å². The molecule has 0 aromatic heterocycles. The molecule has 0 nitrogen and oxygen atoms in total. The van der Waals surface area contributed by atoms with Crippen molar-refractivity contribution in [3.63, 3.8) is 0 Å². The van der Waals surface area contributed by atoms with Crippen LogP contribution in [0.2, 0.25) is 0 Å². The molecule has 68 valence electrons. The molecule has 1 unspecified atom stereocenters. The van der Waals surface area contributed by atoms with Crippen LogP contribution in [0, 0.1) is 10.8 Å². The van der Waals surface area contributed by atoms with Gasteiger partial charge in [0.1, 0.15) is 0 Å². The van der Waals surface area contributed by atoms with E-state index < -0.39 is 0 Å². The summed E-state index contributed by atoms with van der Waals surface area (Å²) in [4.78, 5) is 0. The SMILES string of the molecule is C=CC1(C)CC(=C)CC(C)(C)C1. The Morgan fingerprint density at radius 3 is 2.25 bits per heavy atom. The van der Waals surface area contributed by atoms with E-state index in [1.165, 1.54) is 18.4 Å². The molecule has 12 heavy (non-hydrogen) atoms. The van der Waals surface area contributed by atoms with Crippen LogP contribution in [-0.2, 0) is 0 Å². The van der Waals surface area contributed by atoms with E-state index in [4.69, 9.17) is 0 Å². The van der Waals surface area contributed by atoms with Gasteiger partial charge in [0.05, 0.1) is 0 Å². The van der Waals surface area contributed by atoms with Crippen molar-refractivity contribution in [1.82, 2.24) is 0 Å². The zero-order chi connectivity index (χ0) is 9.41. The Balaban J connectivity index is 2.83. The zero-order valence-electron chi connectivity index (χ0n) is 8.61. The first kappa shape index (κ1) is 9.57. The van der Waals surface area contributed by atoms with Gasteiger partial charge < -0.3 is 0 Å². The van der Waals surface area contributed by atoms with E-state index in [1.54, 1.807) is 0 Å². The molecule has 1 fully saturated rings. The zero-order valence-corrected chi connectivity index (χ0v) is 8.61.